The molecule has 0 spiro atoms. The van der Waals surface area contributed by atoms with Crippen LogP contribution in [0, 0.1) is 6.92 Å². The van der Waals surface area contributed by atoms with Crippen molar-refractivity contribution in [2.24, 2.45) is 0 Å². The Morgan fingerprint density at radius 2 is 1.79 bits per heavy atom. The fourth-order valence-corrected chi connectivity index (χ4v) is 3.38. The van der Waals surface area contributed by atoms with Crippen LogP contribution in [0.3, 0.4) is 0 Å². The highest BCUT2D eigenvalue weighted by Crippen LogP contribution is 2.22. The Hall–Kier alpha value is -1.49. The predicted molar refractivity (Wildman–Crippen MR) is 108 cm³/mol. The first-order chi connectivity index (χ1) is 11.5. The SMILES string of the molecule is Cc1ccc(NC(=S)N2CCN(c3cccc(Cl)c3)CC2)cc1Cl. The Kier molecular flexibility index (Phi) is 5.49. The second-order valence-electron chi connectivity index (χ2n) is 5.85. The Balaban J connectivity index is 1.58. The zero-order valence-electron chi connectivity index (χ0n) is 13.4. The number of hydrogen-bond acceptors (Lipinski definition) is 2. The maximum atomic E-state index is 6.17. The molecule has 3 rings (SSSR count). The van der Waals surface area contributed by atoms with E-state index in [0.29, 0.717) is 0 Å². The quantitative estimate of drug-likeness (QED) is 0.753. The molecule has 0 aliphatic carbocycles. The van der Waals surface area contributed by atoms with Crippen LogP contribution in [0.5, 0.6) is 0 Å². The Morgan fingerprint density at radius 3 is 2.46 bits per heavy atom. The first-order valence-corrected chi connectivity index (χ1v) is 9.02. The summed E-state index contributed by atoms with van der Waals surface area (Å²) in [5.74, 6) is 0. The number of nitrogens with zero attached hydrogens (tertiary/aromatic N) is 2. The van der Waals surface area contributed by atoms with Gasteiger partial charge in [0.15, 0.2) is 5.11 Å². The van der Waals surface area contributed by atoms with Gasteiger partial charge in [-0.15, -0.1) is 0 Å². The molecule has 1 saturated heterocycles. The van der Waals surface area contributed by atoms with Gasteiger partial charge < -0.3 is 15.1 Å². The molecule has 3 nitrogen and oxygen atoms in total. The van der Waals surface area contributed by atoms with Gasteiger partial charge in [0.1, 0.15) is 0 Å². The predicted octanol–water partition coefficient (Wildman–Crippen LogP) is 4.82. The number of anilines is 2. The van der Waals surface area contributed by atoms with Crippen LogP contribution in [0.15, 0.2) is 42.5 Å². The molecule has 1 aliphatic rings. The lowest BCUT2D eigenvalue weighted by Crippen LogP contribution is -2.50. The van der Waals surface area contributed by atoms with Crippen LogP contribution >= 0.6 is 35.4 Å². The van der Waals surface area contributed by atoms with Crippen LogP contribution in [-0.4, -0.2) is 36.2 Å². The van der Waals surface area contributed by atoms with Crippen molar-refractivity contribution in [3.8, 4) is 0 Å². The first-order valence-electron chi connectivity index (χ1n) is 7.85. The largest absolute Gasteiger partial charge is 0.368 e. The maximum absolute atomic E-state index is 6.17. The molecule has 1 N–H and O–H groups in total. The molecular weight excluding hydrogens is 361 g/mol. The monoisotopic (exact) mass is 379 g/mol. The fraction of sp³-hybridized carbons (Fsp3) is 0.278. The van der Waals surface area contributed by atoms with Gasteiger partial charge in [0.25, 0.3) is 0 Å². The minimum Gasteiger partial charge on any atom is -0.368 e. The molecule has 126 valence electrons. The minimum absolute atomic E-state index is 0.737. The van der Waals surface area contributed by atoms with Crippen molar-refractivity contribution in [1.82, 2.24) is 4.90 Å². The van der Waals surface area contributed by atoms with E-state index < -0.39 is 0 Å². The van der Waals surface area contributed by atoms with E-state index in [2.05, 4.69) is 21.2 Å². The van der Waals surface area contributed by atoms with Gasteiger partial charge in [0, 0.05) is 47.6 Å². The van der Waals surface area contributed by atoms with Crippen molar-refractivity contribution in [2.75, 3.05) is 36.4 Å². The molecule has 2 aromatic carbocycles. The van der Waals surface area contributed by atoms with Crippen LogP contribution in [-0.2, 0) is 0 Å². The number of benzene rings is 2. The molecule has 1 fully saturated rings. The van der Waals surface area contributed by atoms with Crippen LogP contribution in [0.1, 0.15) is 5.56 Å². The van der Waals surface area contributed by atoms with E-state index in [-0.39, 0.29) is 0 Å². The Labute approximate surface area is 158 Å². The topological polar surface area (TPSA) is 18.5 Å². The lowest BCUT2D eigenvalue weighted by Gasteiger charge is -2.37. The second kappa shape index (κ2) is 7.60. The van der Waals surface area contributed by atoms with Gasteiger partial charge in [-0.1, -0.05) is 35.3 Å². The summed E-state index contributed by atoms with van der Waals surface area (Å²) in [5, 5.41) is 5.52. The zero-order valence-corrected chi connectivity index (χ0v) is 15.8. The molecule has 6 heteroatoms. The summed E-state index contributed by atoms with van der Waals surface area (Å²) in [4.78, 5) is 4.51. The molecule has 0 atom stereocenters. The zero-order chi connectivity index (χ0) is 17.1. The number of piperazine rings is 1. The molecule has 0 unspecified atom stereocenters. The molecule has 0 aromatic heterocycles. The maximum Gasteiger partial charge on any atom is 0.173 e. The summed E-state index contributed by atoms with van der Waals surface area (Å²) < 4.78 is 0. The van der Waals surface area contributed by atoms with E-state index in [4.69, 9.17) is 35.4 Å². The number of hydrogen-bond donors (Lipinski definition) is 1. The smallest absolute Gasteiger partial charge is 0.173 e. The number of nitrogens with one attached hydrogen (secondary N) is 1. The summed E-state index contributed by atoms with van der Waals surface area (Å²) >= 11 is 17.8. The Morgan fingerprint density at radius 1 is 1.04 bits per heavy atom. The van der Waals surface area contributed by atoms with Crippen LogP contribution in [0.4, 0.5) is 11.4 Å². The van der Waals surface area contributed by atoms with Crippen molar-refractivity contribution in [2.45, 2.75) is 6.92 Å². The van der Waals surface area contributed by atoms with Gasteiger partial charge in [-0.05, 0) is 55.0 Å². The van der Waals surface area contributed by atoms with Gasteiger partial charge in [0.05, 0.1) is 0 Å². The summed E-state index contributed by atoms with van der Waals surface area (Å²) in [6.07, 6.45) is 0. The average molecular weight is 380 g/mol. The fourth-order valence-electron chi connectivity index (χ4n) is 2.71. The highest BCUT2D eigenvalue weighted by molar-refractivity contribution is 7.80. The molecule has 0 saturated carbocycles. The van der Waals surface area contributed by atoms with E-state index in [1.807, 2.05) is 43.3 Å². The van der Waals surface area contributed by atoms with Crippen molar-refractivity contribution in [3.63, 3.8) is 0 Å². The van der Waals surface area contributed by atoms with Crippen LogP contribution in [0.25, 0.3) is 0 Å². The van der Waals surface area contributed by atoms with Gasteiger partial charge >= 0.3 is 0 Å². The summed E-state index contributed by atoms with van der Waals surface area (Å²) in [7, 11) is 0. The standard InChI is InChI=1S/C18H19Cl2N3S/c1-13-5-6-15(12-17(13)20)21-18(24)23-9-7-22(8-10-23)16-4-2-3-14(19)11-16/h2-6,11-12H,7-10H2,1H3,(H,21,24). The number of halogens is 2. The lowest BCUT2D eigenvalue weighted by atomic mass is 10.2. The van der Waals surface area contributed by atoms with E-state index >= 15 is 0 Å². The molecule has 0 radical (unpaired) electrons. The van der Waals surface area contributed by atoms with Crippen LogP contribution < -0.4 is 10.2 Å². The number of aryl methyl sites for hydroxylation is 1. The summed E-state index contributed by atoms with van der Waals surface area (Å²) in [5.41, 5.74) is 3.14. The highest BCUT2D eigenvalue weighted by Gasteiger charge is 2.19. The molecule has 1 heterocycles. The normalized spacial score (nSPS) is 14.6. The van der Waals surface area contributed by atoms with E-state index in [9.17, 15) is 0 Å². The first kappa shape index (κ1) is 17.3. The van der Waals surface area contributed by atoms with Crippen LogP contribution in [0.2, 0.25) is 10.0 Å². The third-order valence-corrected chi connectivity index (χ3v) is 5.17. The lowest BCUT2D eigenvalue weighted by molar-refractivity contribution is 0.391. The van der Waals surface area contributed by atoms with Crippen molar-refractivity contribution < 1.29 is 0 Å². The average Bonchev–Trinajstić information content (AvgIpc) is 2.58. The molecule has 0 bridgehead atoms. The van der Waals surface area contributed by atoms with E-state index in [1.54, 1.807) is 0 Å². The molecular formula is C18H19Cl2N3S. The van der Waals surface area contributed by atoms with Crippen molar-refractivity contribution in [1.29, 1.82) is 0 Å². The van der Waals surface area contributed by atoms with E-state index in [1.165, 1.54) is 0 Å². The summed E-state index contributed by atoms with van der Waals surface area (Å²) in [6.45, 7) is 5.56. The second-order valence-corrected chi connectivity index (χ2v) is 7.08. The van der Waals surface area contributed by atoms with Crippen molar-refractivity contribution in [3.05, 3.63) is 58.1 Å². The Bertz CT molecular complexity index is 743. The molecule has 1 aliphatic heterocycles. The third-order valence-electron chi connectivity index (χ3n) is 4.16. The molecule has 0 amide bonds. The summed E-state index contributed by atoms with van der Waals surface area (Å²) in [6, 6.07) is 13.9. The van der Waals surface area contributed by atoms with Gasteiger partial charge in [-0.25, -0.2) is 0 Å². The molecule has 24 heavy (non-hydrogen) atoms. The van der Waals surface area contributed by atoms with Crippen molar-refractivity contribution >= 4 is 51.9 Å². The van der Waals surface area contributed by atoms with E-state index in [0.717, 1.165) is 58.3 Å². The number of thiocarbonyl (C=S) groups is 1. The van der Waals surface area contributed by atoms with Gasteiger partial charge in [-0.3, -0.25) is 0 Å². The third kappa shape index (κ3) is 4.12. The molecule has 2 aromatic rings. The van der Waals surface area contributed by atoms with Gasteiger partial charge in [0.2, 0.25) is 0 Å². The highest BCUT2D eigenvalue weighted by atomic mass is 35.5. The minimum atomic E-state index is 0.737. The van der Waals surface area contributed by atoms with Gasteiger partial charge in [-0.2, -0.15) is 0 Å². The number of rotatable bonds is 2.